The van der Waals surface area contributed by atoms with Crippen LogP contribution in [0.1, 0.15) is 6.92 Å². The van der Waals surface area contributed by atoms with Gasteiger partial charge in [0.1, 0.15) is 5.75 Å². The van der Waals surface area contributed by atoms with E-state index in [-0.39, 0.29) is 4.90 Å². The minimum absolute atomic E-state index is 0.105. The van der Waals surface area contributed by atoms with Gasteiger partial charge in [-0.25, -0.2) is 13.6 Å². The minimum atomic E-state index is -3.69. The Labute approximate surface area is 159 Å². The highest BCUT2D eigenvalue weighted by Crippen LogP contribution is 2.42. The molecule has 0 aliphatic heterocycles. The van der Waals surface area contributed by atoms with Crippen LogP contribution in [0, 0.1) is 0 Å². The maximum atomic E-state index is 11.4. The number of hydrogen-bond acceptors (Lipinski definition) is 4. The summed E-state index contributed by atoms with van der Waals surface area (Å²) < 4.78 is 29.3. The number of nitrogens with two attached hydrogens (primary N) is 1. The molecule has 1 aromatic heterocycles. The van der Waals surface area contributed by atoms with E-state index in [2.05, 4.69) is 15.9 Å². The molecule has 0 aliphatic carbocycles. The number of thiophene rings is 1. The molecule has 130 valence electrons. The van der Waals surface area contributed by atoms with Crippen molar-refractivity contribution in [3.63, 3.8) is 0 Å². The summed E-state index contributed by atoms with van der Waals surface area (Å²) in [5.74, 6) is 0.830. The molecule has 0 unspecified atom stereocenters. The van der Waals surface area contributed by atoms with Gasteiger partial charge in [0.15, 0.2) is 0 Å². The van der Waals surface area contributed by atoms with Crippen molar-refractivity contribution >= 4 is 37.3 Å². The topological polar surface area (TPSA) is 69.4 Å². The summed E-state index contributed by atoms with van der Waals surface area (Å²) in [7, 11) is -3.69. The zero-order valence-corrected chi connectivity index (χ0v) is 16.6. The van der Waals surface area contributed by atoms with Crippen molar-refractivity contribution in [3.05, 3.63) is 57.7 Å². The molecule has 0 radical (unpaired) electrons. The van der Waals surface area contributed by atoms with Crippen molar-refractivity contribution in [2.24, 2.45) is 5.14 Å². The van der Waals surface area contributed by atoms with Crippen LogP contribution in [0.5, 0.6) is 5.75 Å². The molecule has 3 aromatic rings. The Morgan fingerprint density at radius 2 is 1.64 bits per heavy atom. The standard InChI is InChI=1S/C18H16BrNO3S2/c1-2-23-14-7-3-13(4-8-14)17-16(11-24-18(17)19)12-5-9-15(10-6-12)25(20,21)22/h3-11H,2H2,1H3,(H2,20,21,22). The molecule has 25 heavy (non-hydrogen) atoms. The molecule has 3 rings (SSSR count). The van der Waals surface area contributed by atoms with Crippen molar-refractivity contribution in [3.8, 4) is 28.0 Å². The number of ether oxygens (including phenoxy) is 1. The molecular formula is C18H16BrNO3S2. The number of hydrogen-bond donors (Lipinski definition) is 1. The molecule has 0 spiro atoms. The zero-order chi connectivity index (χ0) is 18.0. The molecule has 0 bridgehead atoms. The monoisotopic (exact) mass is 437 g/mol. The molecule has 0 saturated heterocycles. The summed E-state index contributed by atoms with van der Waals surface area (Å²) in [5, 5.41) is 7.21. The van der Waals surface area contributed by atoms with Crippen LogP contribution in [0.4, 0.5) is 0 Å². The van der Waals surface area contributed by atoms with Crippen molar-refractivity contribution in [1.82, 2.24) is 0 Å². The fourth-order valence-electron chi connectivity index (χ4n) is 2.52. The third-order valence-electron chi connectivity index (χ3n) is 3.69. The number of sulfonamides is 1. The van der Waals surface area contributed by atoms with Crippen molar-refractivity contribution in [2.45, 2.75) is 11.8 Å². The molecule has 2 N–H and O–H groups in total. The molecule has 0 aliphatic rings. The van der Waals surface area contributed by atoms with Crippen LogP contribution in [-0.2, 0) is 10.0 Å². The summed E-state index contributed by atoms with van der Waals surface area (Å²) in [6.45, 7) is 2.58. The van der Waals surface area contributed by atoms with Gasteiger partial charge in [-0.1, -0.05) is 24.3 Å². The van der Waals surface area contributed by atoms with E-state index in [1.165, 1.54) is 12.1 Å². The van der Waals surface area contributed by atoms with Crippen LogP contribution in [0.3, 0.4) is 0 Å². The maximum absolute atomic E-state index is 11.4. The normalized spacial score (nSPS) is 11.5. The lowest BCUT2D eigenvalue weighted by molar-refractivity contribution is 0.340. The van der Waals surface area contributed by atoms with Crippen molar-refractivity contribution in [2.75, 3.05) is 6.61 Å². The third-order valence-corrected chi connectivity index (χ3v) is 6.35. The van der Waals surface area contributed by atoms with Crippen LogP contribution in [0.2, 0.25) is 0 Å². The summed E-state index contributed by atoms with van der Waals surface area (Å²) >= 11 is 5.21. The molecule has 2 aromatic carbocycles. The number of primary sulfonamides is 1. The zero-order valence-electron chi connectivity index (χ0n) is 13.4. The SMILES string of the molecule is CCOc1ccc(-c2c(-c3ccc(S(N)(=O)=O)cc3)csc2Br)cc1. The summed E-state index contributed by atoms with van der Waals surface area (Å²) in [4.78, 5) is 0.105. The van der Waals surface area contributed by atoms with Gasteiger partial charge in [-0.3, -0.25) is 0 Å². The minimum Gasteiger partial charge on any atom is -0.494 e. The third kappa shape index (κ3) is 3.95. The van der Waals surface area contributed by atoms with E-state index in [1.807, 2.05) is 36.6 Å². The number of benzene rings is 2. The fourth-order valence-corrected chi connectivity index (χ4v) is 4.58. The van der Waals surface area contributed by atoms with Crippen molar-refractivity contribution in [1.29, 1.82) is 0 Å². The lowest BCUT2D eigenvalue weighted by atomic mass is 9.99. The predicted octanol–water partition coefficient (Wildman–Crippen LogP) is 4.89. The Balaban J connectivity index is 2.02. The van der Waals surface area contributed by atoms with Gasteiger partial charge >= 0.3 is 0 Å². The molecule has 1 heterocycles. The Bertz CT molecular complexity index is 978. The first-order valence-electron chi connectivity index (χ1n) is 7.53. The first kappa shape index (κ1) is 18.1. The average molecular weight is 438 g/mol. The first-order valence-corrected chi connectivity index (χ1v) is 10.8. The van der Waals surface area contributed by atoms with Gasteiger partial charge in [-0.15, -0.1) is 11.3 Å². The van der Waals surface area contributed by atoms with E-state index < -0.39 is 10.0 Å². The molecular weight excluding hydrogens is 422 g/mol. The highest BCUT2D eigenvalue weighted by molar-refractivity contribution is 9.11. The molecule has 4 nitrogen and oxygen atoms in total. The van der Waals surface area contributed by atoms with Gasteiger partial charge < -0.3 is 4.74 Å². The van der Waals surface area contributed by atoms with Gasteiger partial charge in [-0.05, 0) is 58.2 Å². The van der Waals surface area contributed by atoms with E-state index in [0.29, 0.717) is 6.61 Å². The van der Waals surface area contributed by atoms with Crippen LogP contribution in [0.25, 0.3) is 22.3 Å². The second kappa shape index (κ2) is 7.29. The molecule has 0 atom stereocenters. The smallest absolute Gasteiger partial charge is 0.238 e. The largest absolute Gasteiger partial charge is 0.494 e. The van der Waals surface area contributed by atoms with Crippen LogP contribution in [-0.4, -0.2) is 15.0 Å². The Morgan fingerprint density at radius 3 is 2.20 bits per heavy atom. The molecule has 7 heteroatoms. The van der Waals surface area contributed by atoms with Crippen LogP contribution in [0.15, 0.2) is 62.6 Å². The number of rotatable bonds is 5. The highest BCUT2D eigenvalue weighted by atomic mass is 79.9. The number of halogens is 1. The summed E-state index contributed by atoms with van der Waals surface area (Å²) in [6, 6.07) is 14.5. The van der Waals surface area contributed by atoms with Crippen LogP contribution >= 0.6 is 27.3 Å². The first-order chi connectivity index (χ1) is 11.9. The predicted molar refractivity (Wildman–Crippen MR) is 105 cm³/mol. The van der Waals surface area contributed by atoms with Gasteiger partial charge in [0.2, 0.25) is 10.0 Å². The Kier molecular flexibility index (Phi) is 5.29. The van der Waals surface area contributed by atoms with Gasteiger partial charge in [-0.2, -0.15) is 0 Å². The van der Waals surface area contributed by atoms with E-state index in [4.69, 9.17) is 9.88 Å². The van der Waals surface area contributed by atoms with Gasteiger partial charge in [0, 0.05) is 16.5 Å². The summed E-state index contributed by atoms with van der Waals surface area (Å²) in [6.07, 6.45) is 0. The van der Waals surface area contributed by atoms with E-state index >= 15 is 0 Å². The summed E-state index contributed by atoms with van der Waals surface area (Å²) in [5.41, 5.74) is 4.08. The van der Waals surface area contributed by atoms with Gasteiger partial charge in [0.25, 0.3) is 0 Å². The Morgan fingerprint density at radius 1 is 1.04 bits per heavy atom. The second-order valence-electron chi connectivity index (χ2n) is 5.32. The van der Waals surface area contributed by atoms with E-state index in [1.54, 1.807) is 23.5 Å². The molecule has 0 saturated carbocycles. The van der Waals surface area contributed by atoms with Crippen molar-refractivity contribution < 1.29 is 13.2 Å². The lowest BCUT2D eigenvalue weighted by Gasteiger charge is -2.08. The second-order valence-corrected chi connectivity index (χ2v) is 9.08. The Hall–Kier alpha value is -1.67. The highest BCUT2D eigenvalue weighted by Gasteiger charge is 2.15. The fraction of sp³-hybridized carbons (Fsp3) is 0.111. The van der Waals surface area contributed by atoms with Gasteiger partial charge in [0.05, 0.1) is 15.3 Å². The lowest BCUT2D eigenvalue weighted by Crippen LogP contribution is -2.11. The maximum Gasteiger partial charge on any atom is 0.238 e. The van der Waals surface area contributed by atoms with Crippen LogP contribution < -0.4 is 9.88 Å². The average Bonchev–Trinajstić information content (AvgIpc) is 2.97. The molecule has 0 fully saturated rings. The molecule has 0 amide bonds. The van der Waals surface area contributed by atoms with E-state index in [0.717, 1.165) is 31.8 Å². The quantitative estimate of drug-likeness (QED) is 0.617. The van der Waals surface area contributed by atoms with E-state index in [9.17, 15) is 8.42 Å².